The summed E-state index contributed by atoms with van der Waals surface area (Å²) in [5.41, 5.74) is 4.09. The van der Waals surface area contributed by atoms with Gasteiger partial charge in [-0.15, -0.1) is 12.4 Å². The van der Waals surface area contributed by atoms with Crippen molar-refractivity contribution in [3.63, 3.8) is 0 Å². The van der Waals surface area contributed by atoms with Gasteiger partial charge in [0.15, 0.2) is 0 Å². The van der Waals surface area contributed by atoms with E-state index in [1.165, 1.54) is 16.7 Å². The van der Waals surface area contributed by atoms with Crippen LogP contribution in [-0.4, -0.2) is 13.1 Å². The van der Waals surface area contributed by atoms with Crippen LogP contribution in [0.2, 0.25) is 0 Å². The highest BCUT2D eigenvalue weighted by Crippen LogP contribution is 2.29. The van der Waals surface area contributed by atoms with E-state index in [0.717, 1.165) is 25.3 Å². The summed E-state index contributed by atoms with van der Waals surface area (Å²) in [4.78, 5) is 0. The maximum Gasteiger partial charge on any atom is 0.121 e. The molecule has 0 aliphatic carbocycles. The van der Waals surface area contributed by atoms with Crippen molar-refractivity contribution in [3.8, 4) is 5.75 Å². The van der Waals surface area contributed by atoms with Crippen LogP contribution in [0.1, 0.15) is 42.6 Å². The molecule has 1 aliphatic heterocycles. The number of hydrogen-bond acceptors (Lipinski definition) is 2. The molecule has 0 spiro atoms. The van der Waals surface area contributed by atoms with E-state index in [1.54, 1.807) is 0 Å². The monoisotopic (exact) mass is 317 g/mol. The van der Waals surface area contributed by atoms with Crippen LogP contribution >= 0.6 is 12.4 Å². The first-order valence-corrected chi connectivity index (χ1v) is 7.79. The normalized spacial score (nSPS) is 18.5. The molecule has 2 aromatic rings. The van der Waals surface area contributed by atoms with E-state index in [1.807, 2.05) is 6.07 Å². The molecule has 0 aromatic heterocycles. The fourth-order valence-electron chi connectivity index (χ4n) is 2.98. The Morgan fingerprint density at radius 1 is 1.14 bits per heavy atom. The van der Waals surface area contributed by atoms with E-state index in [4.69, 9.17) is 4.74 Å². The highest BCUT2D eigenvalue weighted by atomic mass is 35.5. The lowest BCUT2D eigenvalue weighted by Gasteiger charge is -2.18. The Balaban J connectivity index is 0.00000176. The molecule has 1 heterocycles. The highest BCUT2D eigenvalue weighted by molar-refractivity contribution is 5.85. The molecule has 2 nitrogen and oxygen atoms in total. The zero-order valence-electron chi connectivity index (χ0n) is 13.2. The van der Waals surface area contributed by atoms with Crippen LogP contribution in [0.5, 0.6) is 5.75 Å². The van der Waals surface area contributed by atoms with Gasteiger partial charge in [-0.2, -0.15) is 0 Å². The van der Waals surface area contributed by atoms with Crippen LogP contribution in [0.3, 0.4) is 0 Å². The SMILES string of the molecule is CC1CNCCc2ccc(OC(C)c3ccccc3)cc21.Cl. The molecule has 2 aromatic carbocycles. The van der Waals surface area contributed by atoms with Crippen molar-refractivity contribution in [1.29, 1.82) is 0 Å². The summed E-state index contributed by atoms with van der Waals surface area (Å²) >= 11 is 0. The zero-order valence-corrected chi connectivity index (χ0v) is 14.0. The van der Waals surface area contributed by atoms with Gasteiger partial charge in [0.1, 0.15) is 11.9 Å². The third-order valence-corrected chi connectivity index (χ3v) is 4.25. The maximum absolute atomic E-state index is 6.14. The quantitative estimate of drug-likeness (QED) is 0.900. The van der Waals surface area contributed by atoms with Gasteiger partial charge in [0, 0.05) is 6.54 Å². The van der Waals surface area contributed by atoms with Gasteiger partial charge in [0.05, 0.1) is 0 Å². The summed E-state index contributed by atoms with van der Waals surface area (Å²) in [7, 11) is 0. The molecule has 0 saturated carbocycles. The lowest BCUT2D eigenvalue weighted by atomic mass is 9.95. The van der Waals surface area contributed by atoms with Crippen molar-refractivity contribution in [2.45, 2.75) is 32.3 Å². The number of fused-ring (bicyclic) bond motifs is 1. The standard InChI is InChI=1S/C19H23NO.ClH/c1-14-13-20-11-10-17-8-9-18(12-19(14)17)21-15(2)16-6-4-3-5-7-16;/h3-9,12,14-15,20H,10-11,13H2,1-2H3;1H. The van der Waals surface area contributed by atoms with Gasteiger partial charge in [-0.25, -0.2) is 0 Å². The molecule has 0 radical (unpaired) electrons. The average molecular weight is 318 g/mol. The van der Waals surface area contributed by atoms with Crippen molar-refractivity contribution in [2.24, 2.45) is 0 Å². The van der Waals surface area contributed by atoms with Gasteiger partial charge < -0.3 is 10.1 Å². The number of ether oxygens (including phenoxy) is 1. The summed E-state index contributed by atoms with van der Waals surface area (Å²) in [5.74, 6) is 1.51. The average Bonchev–Trinajstić information content (AvgIpc) is 2.70. The predicted octanol–water partition coefficient (Wildman–Crippen LogP) is 4.50. The van der Waals surface area contributed by atoms with Crippen LogP contribution < -0.4 is 10.1 Å². The van der Waals surface area contributed by atoms with E-state index in [9.17, 15) is 0 Å². The number of halogens is 1. The highest BCUT2D eigenvalue weighted by Gasteiger charge is 2.16. The predicted molar refractivity (Wildman–Crippen MR) is 94.2 cm³/mol. The molecule has 1 N–H and O–H groups in total. The second-order valence-corrected chi connectivity index (χ2v) is 5.89. The lowest BCUT2D eigenvalue weighted by Crippen LogP contribution is -2.18. The molecule has 2 atom stereocenters. The summed E-state index contributed by atoms with van der Waals surface area (Å²) in [6.45, 7) is 6.50. The van der Waals surface area contributed by atoms with Crippen molar-refractivity contribution < 1.29 is 4.74 Å². The van der Waals surface area contributed by atoms with Crippen LogP contribution in [0.4, 0.5) is 0 Å². The fourth-order valence-corrected chi connectivity index (χ4v) is 2.98. The molecule has 0 amide bonds. The molecule has 0 fully saturated rings. The molecular weight excluding hydrogens is 294 g/mol. The number of benzene rings is 2. The zero-order chi connectivity index (χ0) is 14.7. The smallest absolute Gasteiger partial charge is 0.121 e. The number of rotatable bonds is 3. The Hall–Kier alpha value is -1.51. The van der Waals surface area contributed by atoms with E-state index in [2.05, 4.69) is 61.6 Å². The van der Waals surface area contributed by atoms with Crippen molar-refractivity contribution >= 4 is 12.4 Å². The van der Waals surface area contributed by atoms with Crippen molar-refractivity contribution in [2.75, 3.05) is 13.1 Å². The Morgan fingerprint density at radius 2 is 1.91 bits per heavy atom. The maximum atomic E-state index is 6.14. The van der Waals surface area contributed by atoms with Crippen molar-refractivity contribution in [1.82, 2.24) is 5.32 Å². The summed E-state index contributed by atoms with van der Waals surface area (Å²) in [6.07, 6.45) is 1.18. The topological polar surface area (TPSA) is 21.3 Å². The number of nitrogens with one attached hydrogen (secondary N) is 1. The van der Waals surface area contributed by atoms with Gasteiger partial charge in [-0.3, -0.25) is 0 Å². The van der Waals surface area contributed by atoms with Crippen LogP contribution in [-0.2, 0) is 6.42 Å². The van der Waals surface area contributed by atoms with Crippen LogP contribution in [0.25, 0.3) is 0 Å². The van der Waals surface area contributed by atoms with E-state index in [0.29, 0.717) is 5.92 Å². The molecule has 0 saturated heterocycles. The Kier molecular flexibility index (Phi) is 5.87. The summed E-state index contributed by atoms with van der Waals surface area (Å²) in [6, 6.07) is 16.9. The Bertz CT molecular complexity index is 600. The second kappa shape index (κ2) is 7.66. The molecule has 0 bridgehead atoms. The Labute approximate surface area is 139 Å². The van der Waals surface area contributed by atoms with Crippen LogP contribution in [0.15, 0.2) is 48.5 Å². The molecule has 1 aliphatic rings. The third-order valence-electron chi connectivity index (χ3n) is 4.25. The minimum Gasteiger partial charge on any atom is -0.486 e. The minimum absolute atomic E-state index is 0. The first-order chi connectivity index (χ1) is 10.2. The van der Waals surface area contributed by atoms with Gasteiger partial charge in [0.25, 0.3) is 0 Å². The Morgan fingerprint density at radius 3 is 2.68 bits per heavy atom. The summed E-state index contributed by atoms with van der Waals surface area (Å²) < 4.78 is 6.14. The van der Waals surface area contributed by atoms with Gasteiger partial charge in [-0.1, -0.05) is 43.3 Å². The van der Waals surface area contributed by atoms with E-state index >= 15 is 0 Å². The molecule has 2 unspecified atom stereocenters. The first-order valence-electron chi connectivity index (χ1n) is 7.79. The second-order valence-electron chi connectivity index (χ2n) is 5.89. The number of hydrogen-bond donors (Lipinski definition) is 1. The first kappa shape index (κ1) is 16.9. The lowest BCUT2D eigenvalue weighted by molar-refractivity contribution is 0.226. The largest absolute Gasteiger partial charge is 0.486 e. The van der Waals surface area contributed by atoms with Crippen LogP contribution in [0, 0.1) is 0 Å². The molecule has 22 heavy (non-hydrogen) atoms. The van der Waals surface area contributed by atoms with Gasteiger partial charge >= 0.3 is 0 Å². The van der Waals surface area contributed by atoms with Gasteiger partial charge in [-0.05, 0) is 54.6 Å². The fraction of sp³-hybridized carbons (Fsp3) is 0.368. The third kappa shape index (κ3) is 3.82. The van der Waals surface area contributed by atoms with E-state index < -0.39 is 0 Å². The van der Waals surface area contributed by atoms with E-state index in [-0.39, 0.29) is 18.5 Å². The van der Waals surface area contributed by atoms with Gasteiger partial charge in [0.2, 0.25) is 0 Å². The molecule has 118 valence electrons. The summed E-state index contributed by atoms with van der Waals surface area (Å²) in [5, 5.41) is 3.49. The minimum atomic E-state index is 0. The molecule has 3 rings (SSSR count). The molecule has 3 heteroatoms. The molecular formula is C19H24ClNO. The van der Waals surface area contributed by atoms with Crippen molar-refractivity contribution in [3.05, 3.63) is 65.2 Å².